The second kappa shape index (κ2) is 3.97. The molecule has 1 aromatic carbocycles. The number of nitrogens with two attached hydrogens (primary N) is 1. The van der Waals surface area contributed by atoms with Crippen LogP contribution in [0.25, 0.3) is 11.3 Å². The van der Waals surface area contributed by atoms with Gasteiger partial charge in [0.05, 0.1) is 16.1 Å². The average Bonchev–Trinajstić information content (AvgIpc) is 2.68. The molecular weight excluding hydrogens is 244 g/mol. The van der Waals surface area contributed by atoms with Gasteiger partial charge in [-0.1, -0.05) is 12.1 Å². The molecule has 2 rings (SSSR count). The van der Waals surface area contributed by atoms with Crippen LogP contribution in [0.2, 0.25) is 0 Å². The van der Waals surface area contributed by atoms with Crippen LogP contribution in [-0.4, -0.2) is 13.4 Å². The maximum absolute atomic E-state index is 11.5. The Morgan fingerprint density at radius 2 is 2.12 bits per heavy atom. The van der Waals surface area contributed by atoms with E-state index in [1.807, 2.05) is 13.0 Å². The highest BCUT2D eigenvalue weighted by Gasteiger charge is 2.17. The van der Waals surface area contributed by atoms with E-state index in [-0.39, 0.29) is 4.90 Å². The van der Waals surface area contributed by atoms with Crippen molar-refractivity contribution < 1.29 is 8.42 Å². The predicted octanol–water partition coefficient (Wildman–Crippen LogP) is 1.77. The first-order chi connectivity index (χ1) is 7.50. The Balaban J connectivity index is 2.78. The van der Waals surface area contributed by atoms with Crippen LogP contribution in [0.15, 0.2) is 34.0 Å². The highest BCUT2D eigenvalue weighted by molar-refractivity contribution is 7.89. The highest BCUT2D eigenvalue weighted by Crippen LogP contribution is 2.29. The van der Waals surface area contributed by atoms with E-state index in [1.54, 1.807) is 17.0 Å². The van der Waals surface area contributed by atoms with Crippen molar-refractivity contribution >= 4 is 21.4 Å². The molecule has 0 aliphatic heterocycles. The van der Waals surface area contributed by atoms with E-state index in [0.717, 1.165) is 5.56 Å². The smallest absolute Gasteiger partial charge is 0.238 e. The summed E-state index contributed by atoms with van der Waals surface area (Å²) in [6.45, 7) is 1.84. The minimum absolute atomic E-state index is 0.124. The Morgan fingerprint density at radius 1 is 1.38 bits per heavy atom. The van der Waals surface area contributed by atoms with Crippen LogP contribution >= 0.6 is 11.3 Å². The van der Waals surface area contributed by atoms with Gasteiger partial charge in [0.1, 0.15) is 0 Å². The molecule has 16 heavy (non-hydrogen) atoms. The van der Waals surface area contributed by atoms with Gasteiger partial charge in [-0.3, -0.25) is 0 Å². The first-order valence-corrected chi connectivity index (χ1v) is 7.00. The minimum atomic E-state index is -3.72. The van der Waals surface area contributed by atoms with Gasteiger partial charge in [-0.05, 0) is 18.6 Å². The molecule has 0 atom stereocenters. The van der Waals surface area contributed by atoms with E-state index >= 15 is 0 Å². The maximum Gasteiger partial charge on any atom is 0.238 e. The van der Waals surface area contributed by atoms with Crippen LogP contribution in [0.1, 0.15) is 5.56 Å². The second-order valence-electron chi connectivity index (χ2n) is 3.37. The van der Waals surface area contributed by atoms with E-state index in [1.165, 1.54) is 17.4 Å². The average molecular weight is 254 g/mol. The summed E-state index contributed by atoms with van der Waals surface area (Å²) in [7, 11) is -3.72. The van der Waals surface area contributed by atoms with Gasteiger partial charge in [0.15, 0.2) is 0 Å². The van der Waals surface area contributed by atoms with Gasteiger partial charge >= 0.3 is 0 Å². The first-order valence-electron chi connectivity index (χ1n) is 4.51. The molecule has 0 spiro atoms. The number of aromatic nitrogens is 1. The third-order valence-electron chi connectivity index (χ3n) is 2.23. The number of sulfonamides is 1. The second-order valence-corrected chi connectivity index (χ2v) is 5.62. The summed E-state index contributed by atoms with van der Waals surface area (Å²) in [6, 6.07) is 5.01. The van der Waals surface area contributed by atoms with Crippen molar-refractivity contribution in [3.8, 4) is 11.3 Å². The molecule has 1 heterocycles. The zero-order valence-electron chi connectivity index (χ0n) is 8.54. The summed E-state index contributed by atoms with van der Waals surface area (Å²) in [5.74, 6) is 0. The van der Waals surface area contributed by atoms with Gasteiger partial charge in [-0.2, -0.15) is 0 Å². The van der Waals surface area contributed by atoms with Crippen LogP contribution in [0.5, 0.6) is 0 Å². The fraction of sp³-hybridized carbons (Fsp3) is 0.100. The lowest BCUT2D eigenvalue weighted by Crippen LogP contribution is -2.14. The Kier molecular flexibility index (Phi) is 2.79. The molecule has 0 unspecified atom stereocenters. The predicted molar refractivity (Wildman–Crippen MR) is 63.7 cm³/mol. The molecule has 0 saturated heterocycles. The summed E-state index contributed by atoms with van der Waals surface area (Å²) in [5.41, 5.74) is 3.74. The van der Waals surface area contributed by atoms with E-state index in [9.17, 15) is 8.42 Å². The van der Waals surface area contributed by atoms with Crippen LogP contribution in [-0.2, 0) is 10.0 Å². The standard InChI is InChI=1S/C10H10N2O2S2/c1-7-3-2-4-9(16(11,13)14)10(7)8-5-15-6-12-8/h2-6H,1H3,(H2,11,13,14). The molecule has 6 heteroatoms. The summed E-state index contributed by atoms with van der Waals surface area (Å²) >= 11 is 1.42. The van der Waals surface area contributed by atoms with Crippen molar-refractivity contribution in [3.05, 3.63) is 34.7 Å². The molecule has 0 radical (unpaired) electrons. The molecule has 0 saturated carbocycles. The van der Waals surface area contributed by atoms with Crippen molar-refractivity contribution in [1.29, 1.82) is 0 Å². The van der Waals surface area contributed by atoms with Crippen LogP contribution < -0.4 is 5.14 Å². The summed E-state index contributed by atoms with van der Waals surface area (Å²) in [5, 5.41) is 6.98. The lowest BCUT2D eigenvalue weighted by atomic mass is 10.1. The number of benzene rings is 1. The number of hydrogen-bond donors (Lipinski definition) is 1. The third kappa shape index (κ3) is 1.99. The zero-order chi connectivity index (χ0) is 11.8. The number of nitrogens with zero attached hydrogens (tertiary/aromatic N) is 1. The largest absolute Gasteiger partial charge is 0.245 e. The molecule has 0 bridgehead atoms. The quantitative estimate of drug-likeness (QED) is 0.887. The van der Waals surface area contributed by atoms with Crippen molar-refractivity contribution in [2.75, 3.05) is 0 Å². The zero-order valence-corrected chi connectivity index (χ0v) is 10.2. The molecular formula is C10H10N2O2S2. The Bertz CT molecular complexity index is 604. The minimum Gasteiger partial charge on any atom is -0.245 e. The van der Waals surface area contributed by atoms with E-state index in [4.69, 9.17) is 5.14 Å². The van der Waals surface area contributed by atoms with Crippen LogP contribution in [0.4, 0.5) is 0 Å². The van der Waals surface area contributed by atoms with Crippen molar-refractivity contribution in [1.82, 2.24) is 4.98 Å². The molecule has 1 aromatic heterocycles. The topological polar surface area (TPSA) is 73.1 Å². The number of primary sulfonamides is 1. The van der Waals surface area contributed by atoms with Crippen LogP contribution in [0, 0.1) is 6.92 Å². The van der Waals surface area contributed by atoms with Gasteiger partial charge < -0.3 is 0 Å². The van der Waals surface area contributed by atoms with Gasteiger partial charge in [0.2, 0.25) is 10.0 Å². The normalized spacial score (nSPS) is 11.6. The van der Waals surface area contributed by atoms with Gasteiger partial charge in [-0.25, -0.2) is 18.5 Å². The van der Waals surface area contributed by atoms with Crippen molar-refractivity contribution in [3.63, 3.8) is 0 Å². The van der Waals surface area contributed by atoms with Crippen LogP contribution in [0.3, 0.4) is 0 Å². The molecule has 4 nitrogen and oxygen atoms in total. The fourth-order valence-corrected chi connectivity index (χ4v) is 2.90. The highest BCUT2D eigenvalue weighted by atomic mass is 32.2. The Hall–Kier alpha value is -1.24. The number of aryl methyl sites for hydroxylation is 1. The summed E-state index contributed by atoms with van der Waals surface area (Å²) < 4.78 is 22.9. The summed E-state index contributed by atoms with van der Waals surface area (Å²) in [4.78, 5) is 4.24. The van der Waals surface area contributed by atoms with Gasteiger partial charge in [0.25, 0.3) is 0 Å². The third-order valence-corrected chi connectivity index (χ3v) is 3.77. The van der Waals surface area contributed by atoms with E-state index < -0.39 is 10.0 Å². The first kappa shape index (κ1) is 11.3. The molecule has 2 aromatic rings. The Morgan fingerprint density at radius 3 is 2.69 bits per heavy atom. The maximum atomic E-state index is 11.5. The van der Waals surface area contributed by atoms with Crippen molar-refractivity contribution in [2.24, 2.45) is 5.14 Å². The molecule has 0 fully saturated rings. The number of rotatable bonds is 2. The number of hydrogen-bond acceptors (Lipinski definition) is 4. The van der Waals surface area contributed by atoms with E-state index in [0.29, 0.717) is 11.3 Å². The molecule has 0 aliphatic rings. The number of thiazole rings is 1. The molecule has 84 valence electrons. The molecule has 2 N–H and O–H groups in total. The van der Waals surface area contributed by atoms with E-state index in [2.05, 4.69) is 4.98 Å². The SMILES string of the molecule is Cc1cccc(S(N)(=O)=O)c1-c1cscn1. The van der Waals surface area contributed by atoms with Crippen molar-refractivity contribution in [2.45, 2.75) is 11.8 Å². The van der Waals surface area contributed by atoms with Gasteiger partial charge in [0, 0.05) is 10.9 Å². The van der Waals surface area contributed by atoms with Gasteiger partial charge in [-0.15, -0.1) is 11.3 Å². The fourth-order valence-electron chi connectivity index (χ4n) is 1.54. The lowest BCUT2D eigenvalue weighted by Gasteiger charge is -2.08. The lowest BCUT2D eigenvalue weighted by molar-refractivity contribution is 0.598. The molecule has 0 amide bonds. The molecule has 0 aliphatic carbocycles. The Labute approximate surface area is 97.8 Å². The summed E-state index contributed by atoms with van der Waals surface area (Å²) in [6.07, 6.45) is 0. The monoisotopic (exact) mass is 254 g/mol.